The van der Waals surface area contributed by atoms with Crippen molar-refractivity contribution >= 4 is 0 Å². The second kappa shape index (κ2) is 5.25. The van der Waals surface area contributed by atoms with Crippen molar-refractivity contribution < 1.29 is 5.11 Å². The normalized spacial score (nSPS) is 25.8. The molecule has 0 radical (unpaired) electrons. The van der Waals surface area contributed by atoms with E-state index in [1.54, 1.807) is 0 Å². The first-order chi connectivity index (χ1) is 6.92. The molecule has 1 fully saturated rings. The highest BCUT2D eigenvalue weighted by Gasteiger charge is 2.25. The van der Waals surface area contributed by atoms with E-state index in [0.29, 0.717) is 12.6 Å². The Morgan fingerprint density at radius 2 is 2.07 bits per heavy atom. The molecule has 0 aromatic rings. The third-order valence-corrected chi connectivity index (χ3v) is 3.09. The van der Waals surface area contributed by atoms with Gasteiger partial charge in [0.2, 0.25) is 0 Å². The molecule has 3 N–H and O–H groups in total. The number of likely N-dealkylation sites (N-methyl/N-ethyl adjacent to an activating group) is 1. The average Bonchev–Trinajstić information content (AvgIpc) is 2.14. The fourth-order valence-electron chi connectivity index (χ4n) is 1.98. The predicted molar refractivity (Wildman–Crippen MR) is 62.8 cm³/mol. The van der Waals surface area contributed by atoms with Gasteiger partial charge in [0, 0.05) is 38.8 Å². The number of aliphatic hydroxyl groups is 1. The van der Waals surface area contributed by atoms with E-state index in [0.717, 1.165) is 32.6 Å². The second-order valence-electron chi connectivity index (χ2n) is 5.25. The van der Waals surface area contributed by atoms with Gasteiger partial charge in [0.15, 0.2) is 0 Å². The summed E-state index contributed by atoms with van der Waals surface area (Å²) < 4.78 is 0. The van der Waals surface area contributed by atoms with E-state index in [1.807, 2.05) is 13.8 Å². The highest BCUT2D eigenvalue weighted by atomic mass is 16.3. The Hall–Kier alpha value is -0.160. The van der Waals surface area contributed by atoms with E-state index in [9.17, 15) is 5.11 Å². The lowest BCUT2D eigenvalue weighted by atomic mass is 10.0. The molecule has 0 aromatic carbocycles. The standard InChI is InChI=1S/C11H25N3O/c1-11(2,15)4-5-14-7-6-13(3)9-10(14)8-12/h10,15H,4-9,12H2,1-3H3. The van der Waals surface area contributed by atoms with Crippen LogP contribution in [0.1, 0.15) is 20.3 Å². The highest BCUT2D eigenvalue weighted by molar-refractivity contribution is 4.82. The quantitative estimate of drug-likeness (QED) is 0.677. The maximum Gasteiger partial charge on any atom is 0.0603 e. The van der Waals surface area contributed by atoms with E-state index in [4.69, 9.17) is 5.73 Å². The zero-order chi connectivity index (χ0) is 11.5. The number of hydrogen-bond donors (Lipinski definition) is 2. The smallest absolute Gasteiger partial charge is 0.0603 e. The Morgan fingerprint density at radius 1 is 1.40 bits per heavy atom. The first kappa shape index (κ1) is 12.9. The molecule has 15 heavy (non-hydrogen) atoms. The van der Waals surface area contributed by atoms with Crippen molar-refractivity contribution in [1.29, 1.82) is 0 Å². The van der Waals surface area contributed by atoms with Crippen LogP contribution in [-0.2, 0) is 0 Å². The zero-order valence-electron chi connectivity index (χ0n) is 10.2. The number of rotatable bonds is 4. The topological polar surface area (TPSA) is 52.7 Å². The fourth-order valence-corrected chi connectivity index (χ4v) is 1.98. The molecule has 1 aliphatic heterocycles. The summed E-state index contributed by atoms with van der Waals surface area (Å²) >= 11 is 0. The lowest BCUT2D eigenvalue weighted by Gasteiger charge is -2.40. The third kappa shape index (κ3) is 4.47. The van der Waals surface area contributed by atoms with Crippen LogP contribution in [0.4, 0.5) is 0 Å². The zero-order valence-corrected chi connectivity index (χ0v) is 10.2. The molecule has 1 aliphatic rings. The van der Waals surface area contributed by atoms with Crippen molar-refractivity contribution in [2.45, 2.75) is 31.9 Å². The van der Waals surface area contributed by atoms with Gasteiger partial charge >= 0.3 is 0 Å². The Labute approximate surface area is 93.0 Å². The van der Waals surface area contributed by atoms with Crippen LogP contribution in [0.3, 0.4) is 0 Å². The largest absolute Gasteiger partial charge is 0.390 e. The summed E-state index contributed by atoms with van der Waals surface area (Å²) in [7, 11) is 2.13. The van der Waals surface area contributed by atoms with Crippen molar-refractivity contribution in [2.24, 2.45) is 5.73 Å². The predicted octanol–water partition coefficient (Wildman–Crippen LogP) is -0.278. The fraction of sp³-hybridized carbons (Fsp3) is 1.00. The lowest BCUT2D eigenvalue weighted by molar-refractivity contribution is 0.0343. The Balaban J connectivity index is 2.39. The molecule has 90 valence electrons. The van der Waals surface area contributed by atoms with Crippen LogP contribution in [0.25, 0.3) is 0 Å². The molecule has 0 saturated carbocycles. The third-order valence-electron chi connectivity index (χ3n) is 3.09. The summed E-state index contributed by atoms with van der Waals surface area (Å²) in [4.78, 5) is 4.72. The molecule has 4 heteroatoms. The first-order valence-electron chi connectivity index (χ1n) is 5.77. The van der Waals surface area contributed by atoms with Crippen LogP contribution >= 0.6 is 0 Å². The molecular formula is C11H25N3O. The Morgan fingerprint density at radius 3 is 2.60 bits per heavy atom. The molecule has 1 atom stereocenters. The average molecular weight is 215 g/mol. The van der Waals surface area contributed by atoms with Gasteiger partial charge in [-0.1, -0.05) is 0 Å². The van der Waals surface area contributed by atoms with Crippen LogP contribution in [0.15, 0.2) is 0 Å². The molecule has 1 rings (SSSR count). The number of piperazine rings is 1. The van der Waals surface area contributed by atoms with Crippen LogP contribution in [0, 0.1) is 0 Å². The highest BCUT2D eigenvalue weighted by Crippen LogP contribution is 2.13. The summed E-state index contributed by atoms with van der Waals surface area (Å²) in [6.07, 6.45) is 0.813. The van der Waals surface area contributed by atoms with Crippen molar-refractivity contribution in [3.8, 4) is 0 Å². The van der Waals surface area contributed by atoms with E-state index in [2.05, 4.69) is 16.8 Å². The van der Waals surface area contributed by atoms with E-state index < -0.39 is 5.60 Å². The first-order valence-corrected chi connectivity index (χ1v) is 5.77. The van der Waals surface area contributed by atoms with Gasteiger partial charge in [-0.15, -0.1) is 0 Å². The van der Waals surface area contributed by atoms with Gasteiger partial charge in [-0.2, -0.15) is 0 Å². The van der Waals surface area contributed by atoms with Gasteiger partial charge in [0.1, 0.15) is 0 Å². The van der Waals surface area contributed by atoms with Crippen LogP contribution in [0.5, 0.6) is 0 Å². The SMILES string of the molecule is CN1CCN(CCC(C)(C)O)C(CN)C1. The molecule has 1 saturated heterocycles. The summed E-state index contributed by atoms with van der Waals surface area (Å²) in [6.45, 7) is 8.58. The van der Waals surface area contributed by atoms with Crippen molar-refractivity contribution in [2.75, 3.05) is 39.8 Å². The van der Waals surface area contributed by atoms with Gasteiger partial charge in [0.05, 0.1) is 5.60 Å². The van der Waals surface area contributed by atoms with Gasteiger partial charge in [-0.3, -0.25) is 4.90 Å². The molecule has 4 nitrogen and oxygen atoms in total. The van der Waals surface area contributed by atoms with Gasteiger partial charge in [-0.05, 0) is 27.3 Å². The number of hydrogen-bond acceptors (Lipinski definition) is 4. The van der Waals surface area contributed by atoms with Crippen LogP contribution < -0.4 is 5.73 Å². The maximum absolute atomic E-state index is 9.69. The van der Waals surface area contributed by atoms with Gasteiger partial charge in [-0.25, -0.2) is 0 Å². The van der Waals surface area contributed by atoms with Gasteiger partial charge in [0.25, 0.3) is 0 Å². The molecule has 0 bridgehead atoms. The minimum atomic E-state index is -0.567. The van der Waals surface area contributed by atoms with Crippen LogP contribution in [-0.4, -0.2) is 66.3 Å². The number of nitrogens with zero attached hydrogens (tertiary/aromatic N) is 2. The summed E-state index contributed by atoms with van der Waals surface area (Å²) in [5, 5.41) is 9.69. The van der Waals surface area contributed by atoms with E-state index in [1.165, 1.54) is 0 Å². The van der Waals surface area contributed by atoms with Crippen molar-refractivity contribution in [3.63, 3.8) is 0 Å². The van der Waals surface area contributed by atoms with Gasteiger partial charge < -0.3 is 15.7 Å². The van der Waals surface area contributed by atoms with E-state index >= 15 is 0 Å². The maximum atomic E-state index is 9.69. The molecular weight excluding hydrogens is 190 g/mol. The van der Waals surface area contributed by atoms with Crippen LogP contribution in [0.2, 0.25) is 0 Å². The van der Waals surface area contributed by atoms with E-state index in [-0.39, 0.29) is 0 Å². The van der Waals surface area contributed by atoms with Crippen molar-refractivity contribution in [3.05, 3.63) is 0 Å². The number of nitrogens with two attached hydrogens (primary N) is 1. The molecule has 0 amide bonds. The minimum Gasteiger partial charge on any atom is -0.390 e. The molecule has 0 aromatic heterocycles. The van der Waals surface area contributed by atoms with Crippen molar-refractivity contribution in [1.82, 2.24) is 9.80 Å². The monoisotopic (exact) mass is 215 g/mol. The Bertz CT molecular complexity index is 191. The molecule has 0 aliphatic carbocycles. The Kier molecular flexibility index (Phi) is 4.52. The molecule has 0 spiro atoms. The summed E-state index contributed by atoms with van der Waals surface area (Å²) in [6, 6.07) is 0.450. The second-order valence-corrected chi connectivity index (χ2v) is 5.25. The minimum absolute atomic E-state index is 0.450. The lowest BCUT2D eigenvalue weighted by Crippen LogP contribution is -2.55. The molecule has 1 unspecified atom stereocenters. The summed E-state index contributed by atoms with van der Waals surface area (Å²) in [5.74, 6) is 0. The molecule has 1 heterocycles. The summed E-state index contributed by atoms with van der Waals surface area (Å²) in [5.41, 5.74) is 5.20.